The number of hydrogen-bond acceptors (Lipinski definition) is 6. The van der Waals surface area contributed by atoms with Crippen LogP contribution in [0.15, 0.2) is 28.9 Å². The molecule has 0 aliphatic rings. The molecule has 8 nitrogen and oxygen atoms in total. The predicted molar refractivity (Wildman–Crippen MR) is 85.0 cm³/mol. The minimum atomic E-state index is -0.926. The average molecular weight is 332 g/mol. The zero-order valence-corrected chi connectivity index (χ0v) is 13.7. The summed E-state index contributed by atoms with van der Waals surface area (Å²) in [5.41, 5.74) is 0.601. The van der Waals surface area contributed by atoms with E-state index in [9.17, 15) is 9.59 Å². The lowest BCUT2D eigenvalue weighted by atomic mass is 10.2. The molecule has 0 aliphatic carbocycles. The summed E-state index contributed by atoms with van der Waals surface area (Å²) in [7, 11) is 0. The first-order valence-corrected chi connectivity index (χ1v) is 7.72. The van der Waals surface area contributed by atoms with Crippen LogP contribution >= 0.6 is 0 Å². The molecule has 0 radical (unpaired) electrons. The SMILES string of the molecule is CC(C)N(CCC(=O)O)C(=O)CCc1nc(-c2ccccn2)no1. The number of amides is 1. The van der Waals surface area contributed by atoms with Crippen LogP contribution in [-0.4, -0.2) is 49.6 Å². The summed E-state index contributed by atoms with van der Waals surface area (Å²) in [5.74, 6) is -0.329. The van der Waals surface area contributed by atoms with Gasteiger partial charge in [-0.3, -0.25) is 14.6 Å². The van der Waals surface area contributed by atoms with Gasteiger partial charge in [-0.1, -0.05) is 11.2 Å². The molecule has 0 atom stereocenters. The summed E-state index contributed by atoms with van der Waals surface area (Å²) in [6.45, 7) is 3.89. The molecule has 128 valence electrons. The largest absolute Gasteiger partial charge is 0.481 e. The van der Waals surface area contributed by atoms with Gasteiger partial charge in [-0.05, 0) is 26.0 Å². The lowest BCUT2D eigenvalue weighted by Gasteiger charge is -2.26. The zero-order chi connectivity index (χ0) is 17.5. The minimum Gasteiger partial charge on any atom is -0.481 e. The van der Waals surface area contributed by atoms with Gasteiger partial charge in [-0.25, -0.2) is 0 Å². The van der Waals surface area contributed by atoms with Crippen molar-refractivity contribution in [1.29, 1.82) is 0 Å². The first-order valence-electron chi connectivity index (χ1n) is 7.72. The van der Waals surface area contributed by atoms with Crippen molar-refractivity contribution in [1.82, 2.24) is 20.0 Å². The van der Waals surface area contributed by atoms with Gasteiger partial charge in [0.05, 0.1) is 6.42 Å². The number of aliphatic carboxylic acids is 1. The van der Waals surface area contributed by atoms with Gasteiger partial charge < -0.3 is 14.5 Å². The van der Waals surface area contributed by atoms with Crippen molar-refractivity contribution < 1.29 is 19.2 Å². The monoisotopic (exact) mass is 332 g/mol. The number of carboxylic acid groups (broad SMARTS) is 1. The molecule has 2 aromatic heterocycles. The maximum atomic E-state index is 12.3. The van der Waals surface area contributed by atoms with Crippen LogP contribution in [0, 0.1) is 0 Å². The highest BCUT2D eigenvalue weighted by Crippen LogP contribution is 2.13. The van der Waals surface area contributed by atoms with Crippen molar-refractivity contribution in [2.45, 2.75) is 39.2 Å². The molecule has 2 heterocycles. The normalized spacial score (nSPS) is 10.8. The van der Waals surface area contributed by atoms with Gasteiger partial charge in [0.1, 0.15) is 5.69 Å². The highest BCUT2D eigenvalue weighted by atomic mass is 16.5. The standard InChI is InChI=1S/C16H20N4O4/c1-11(2)20(10-8-15(22)23)14(21)7-6-13-18-16(19-24-13)12-5-3-4-9-17-12/h3-5,9,11H,6-8,10H2,1-2H3,(H,22,23). The lowest BCUT2D eigenvalue weighted by Crippen LogP contribution is -2.38. The molecule has 0 aliphatic heterocycles. The molecule has 0 saturated carbocycles. The Balaban J connectivity index is 1.93. The highest BCUT2D eigenvalue weighted by molar-refractivity contribution is 5.77. The van der Waals surface area contributed by atoms with Gasteiger partial charge >= 0.3 is 5.97 Å². The van der Waals surface area contributed by atoms with Crippen molar-refractivity contribution in [3.05, 3.63) is 30.3 Å². The Bertz CT molecular complexity index is 684. The van der Waals surface area contributed by atoms with Crippen molar-refractivity contribution in [3.63, 3.8) is 0 Å². The van der Waals surface area contributed by atoms with Crippen molar-refractivity contribution in [2.24, 2.45) is 0 Å². The smallest absolute Gasteiger partial charge is 0.305 e. The topological polar surface area (TPSA) is 109 Å². The number of nitrogens with zero attached hydrogens (tertiary/aromatic N) is 4. The number of carbonyl (C=O) groups is 2. The summed E-state index contributed by atoms with van der Waals surface area (Å²) < 4.78 is 5.14. The lowest BCUT2D eigenvalue weighted by molar-refractivity contribution is -0.139. The third kappa shape index (κ3) is 4.87. The summed E-state index contributed by atoms with van der Waals surface area (Å²) in [4.78, 5) is 32.9. The van der Waals surface area contributed by atoms with E-state index in [0.29, 0.717) is 23.8 Å². The van der Waals surface area contributed by atoms with E-state index >= 15 is 0 Å². The average Bonchev–Trinajstić information content (AvgIpc) is 3.02. The molecule has 0 fully saturated rings. The number of aryl methyl sites for hydroxylation is 1. The number of pyridine rings is 1. The highest BCUT2D eigenvalue weighted by Gasteiger charge is 2.19. The van der Waals surface area contributed by atoms with E-state index in [2.05, 4.69) is 15.1 Å². The van der Waals surface area contributed by atoms with Crippen LogP contribution in [0.25, 0.3) is 11.5 Å². The molecule has 0 unspecified atom stereocenters. The number of hydrogen-bond donors (Lipinski definition) is 1. The fourth-order valence-electron chi connectivity index (χ4n) is 2.20. The summed E-state index contributed by atoms with van der Waals surface area (Å²) in [6.07, 6.45) is 2.04. The third-order valence-electron chi connectivity index (χ3n) is 3.43. The van der Waals surface area contributed by atoms with Gasteiger partial charge in [0.15, 0.2) is 0 Å². The van der Waals surface area contributed by atoms with E-state index in [1.165, 1.54) is 0 Å². The van der Waals surface area contributed by atoms with E-state index in [1.54, 1.807) is 23.2 Å². The van der Waals surface area contributed by atoms with Crippen LogP contribution in [0.3, 0.4) is 0 Å². The number of rotatable bonds is 8. The van der Waals surface area contributed by atoms with Crippen LogP contribution in [0.1, 0.15) is 32.6 Å². The van der Waals surface area contributed by atoms with E-state index in [1.807, 2.05) is 19.9 Å². The van der Waals surface area contributed by atoms with Crippen LogP contribution in [-0.2, 0) is 16.0 Å². The summed E-state index contributed by atoms with van der Waals surface area (Å²) in [5, 5.41) is 12.6. The van der Waals surface area contributed by atoms with Crippen molar-refractivity contribution in [2.75, 3.05) is 6.54 Å². The summed E-state index contributed by atoms with van der Waals surface area (Å²) in [6, 6.07) is 5.32. The molecule has 1 N–H and O–H groups in total. The Labute approximate surface area is 139 Å². The molecular weight excluding hydrogens is 312 g/mol. The van der Waals surface area contributed by atoms with Gasteiger partial charge in [0, 0.05) is 31.6 Å². The van der Waals surface area contributed by atoms with Crippen molar-refractivity contribution >= 4 is 11.9 Å². The molecule has 0 aromatic carbocycles. The predicted octanol–water partition coefficient (Wildman–Crippen LogP) is 1.78. The van der Waals surface area contributed by atoms with Crippen LogP contribution < -0.4 is 0 Å². The molecule has 24 heavy (non-hydrogen) atoms. The van der Waals surface area contributed by atoms with Crippen molar-refractivity contribution in [3.8, 4) is 11.5 Å². The number of aromatic nitrogens is 3. The van der Waals surface area contributed by atoms with E-state index in [-0.39, 0.29) is 31.3 Å². The Morgan fingerprint density at radius 3 is 2.71 bits per heavy atom. The van der Waals surface area contributed by atoms with Crippen LogP contribution in [0.5, 0.6) is 0 Å². The first-order chi connectivity index (χ1) is 11.5. The Morgan fingerprint density at radius 1 is 1.29 bits per heavy atom. The van der Waals surface area contributed by atoms with Gasteiger partial charge in [0.25, 0.3) is 0 Å². The van der Waals surface area contributed by atoms with Crippen LogP contribution in [0.2, 0.25) is 0 Å². The first kappa shape index (κ1) is 17.6. The minimum absolute atomic E-state index is 0.0661. The molecule has 2 rings (SSSR count). The molecular formula is C16H20N4O4. The molecule has 0 bridgehead atoms. The molecule has 0 spiro atoms. The maximum absolute atomic E-state index is 12.3. The van der Waals surface area contributed by atoms with E-state index in [4.69, 9.17) is 9.63 Å². The number of carbonyl (C=O) groups excluding carboxylic acids is 1. The summed E-state index contributed by atoms with van der Waals surface area (Å²) >= 11 is 0. The quantitative estimate of drug-likeness (QED) is 0.784. The molecule has 1 amide bonds. The fraction of sp³-hybridized carbons (Fsp3) is 0.438. The third-order valence-corrected chi connectivity index (χ3v) is 3.43. The molecule has 8 heteroatoms. The Hall–Kier alpha value is -2.77. The van der Waals surface area contributed by atoms with Gasteiger partial charge in [0.2, 0.25) is 17.6 Å². The van der Waals surface area contributed by atoms with E-state index in [0.717, 1.165) is 0 Å². The zero-order valence-electron chi connectivity index (χ0n) is 13.7. The Morgan fingerprint density at radius 2 is 2.08 bits per heavy atom. The van der Waals surface area contributed by atoms with Gasteiger partial charge in [-0.2, -0.15) is 4.98 Å². The maximum Gasteiger partial charge on any atom is 0.305 e. The van der Waals surface area contributed by atoms with E-state index < -0.39 is 5.97 Å². The van der Waals surface area contributed by atoms with Crippen LogP contribution in [0.4, 0.5) is 0 Å². The second kappa shape index (κ2) is 8.19. The fourth-order valence-corrected chi connectivity index (χ4v) is 2.20. The second-order valence-corrected chi connectivity index (χ2v) is 5.55. The number of carboxylic acids is 1. The Kier molecular flexibility index (Phi) is 6.00. The molecule has 0 saturated heterocycles. The molecule has 2 aromatic rings. The van der Waals surface area contributed by atoms with Gasteiger partial charge in [-0.15, -0.1) is 0 Å². The second-order valence-electron chi connectivity index (χ2n) is 5.55.